The Hall–Kier alpha value is -1.13. The lowest BCUT2D eigenvalue weighted by Crippen LogP contribution is -2.19. The van der Waals surface area contributed by atoms with Gasteiger partial charge in [0.1, 0.15) is 0 Å². The summed E-state index contributed by atoms with van der Waals surface area (Å²) in [6.45, 7) is 5.32. The summed E-state index contributed by atoms with van der Waals surface area (Å²) in [7, 11) is 0. The van der Waals surface area contributed by atoms with Crippen molar-refractivity contribution in [2.45, 2.75) is 39.2 Å². The fraction of sp³-hybridized carbons (Fsp3) is 0.438. The van der Waals surface area contributed by atoms with Gasteiger partial charge in [0.15, 0.2) is 0 Å². The van der Waals surface area contributed by atoms with Gasteiger partial charge in [-0.3, -0.25) is 0 Å². The summed E-state index contributed by atoms with van der Waals surface area (Å²) < 4.78 is 3.14. The van der Waals surface area contributed by atoms with E-state index in [9.17, 15) is 0 Å². The molecule has 1 fully saturated rings. The molecule has 0 saturated heterocycles. The monoisotopic (exact) mass is 333 g/mol. The topological polar surface area (TPSA) is 29.9 Å². The minimum absolute atomic E-state index is 0.775. The largest absolute Gasteiger partial charge is 0.314 e. The first-order chi connectivity index (χ1) is 9.65. The molecule has 0 atom stereocenters. The lowest BCUT2D eigenvalue weighted by molar-refractivity contribution is 0.679. The van der Waals surface area contributed by atoms with Crippen molar-refractivity contribution in [3.8, 4) is 5.69 Å². The molecule has 1 aromatic carbocycles. The van der Waals surface area contributed by atoms with E-state index < -0.39 is 0 Å². The molecule has 1 N–H and O–H groups in total. The van der Waals surface area contributed by atoms with Crippen molar-refractivity contribution in [3.63, 3.8) is 0 Å². The molecular formula is C16H20BrN3. The molecule has 3 nitrogen and oxygen atoms in total. The van der Waals surface area contributed by atoms with Crippen LogP contribution in [0.5, 0.6) is 0 Å². The molecule has 1 heterocycles. The number of hydrogen-bond acceptors (Lipinski definition) is 2. The molecule has 0 radical (unpaired) electrons. The number of hydrogen-bond donors (Lipinski definition) is 1. The van der Waals surface area contributed by atoms with Crippen molar-refractivity contribution in [2.24, 2.45) is 0 Å². The number of nitrogens with one attached hydrogen (secondary N) is 1. The summed E-state index contributed by atoms with van der Waals surface area (Å²) in [4.78, 5) is 0. The smallest absolute Gasteiger partial charge is 0.0649 e. The van der Waals surface area contributed by atoms with E-state index in [1.165, 1.54) is 24.1 Å². The van der Waals surface area contributed by atoms with E-state index in [-0.39, 0.29) is 0 Å². The molecule has 20 heavy (non-hydrogen) atoms. The van der Waals surface area contributed by atoms with Gasteiger partial charge in [-0.1, -0.05) is 15.9 Å². The fourth-order valence-corrected chi connectivity index (χ4v) is 2.82. The quantitative estimate of drug-likeness (QED) is 0.906. The van der Waals surface area contributed by atoms with E-state index in [0.717, 1.165) is 34.9 Å². The second kappa shape index (κ2) is 5.70. The van der Waals surface area contributed by atoms with Crippen LogP contribution >= 0.6 is 15.9 Å². The van der Waals surface area contributed by atoms with E-state index >= 15 is 0 Å². The molecule has 0 aliphatic heterocycles. The molecule has 0 bridgehead atoms. The summed E-state index contributed by atoms with van der Waals surface area (Å²) >= 11 is 3.47. The lowest BCUT2D eigenvalue weighted by atomic mass is 10.1. The Morgan fingerprint density at radius 3 is 2.60 bits per heavy atom. The van der Waals surface area contributed by atoms with E-state index in [1.807, 2.05) is 4.68 Å². The molecular weight excluding hydrogens is 314 g/mol. The molecule has 1 aliphatic rings. The first-order valence-corrected chi connectivity index (χ1v) is 7.99. The average molecular weight is 334 g/mol. The van der Waals surface area contributed by atoms with Crippen LogP contribution in [0.4, 0.5) is 0 Å². The normalized spacial score (nSPS) is 14.8. The highest BCUT2D eigenvalue weighted by Crippen LogP contribution is 2.21. The highest BCUT2D eigenvalue weighted by atomic mass is 79.9. The Labute approximate surface area is 128 Å². The summed E-state index contributed by atoms with van der Waals surface area (Å²) in [5.41, 5.74) is 4.89. The zero-order chi connectivity index (χ0) is 14.1. The average Bonchev–Trinajstić information content (AvgIpc) is 3.21. The van der Waals surface area contributed by atoms with Gasteiger partial charge in [-0.2, -0.15) is 5.10 Å². The molecule has 0 amide bonds. The van der Waals surface area contributed by atoms with Crippen LogP contribution in [-0.2, 0) is 6.42 Å². The molecule has 1 aliphatic carbocycles. The third kappa shape index (κ3) is 2.96. The zero-order valence-electron chi connectivity index (χ0n) is 12.0. The van der Waals surface area contributed by atoms with Crippen molar-refractivity contribution in [1.82, 2.24) is 15.1 Å². The van der Waals surface area contributed by atoms with Gasteiger partial charge in [0, 0.05) is 16.2 Å². The first kappa shape index (κ1) is 13.8. The number of aryl methyl sites for hydroxylation is 1. The molecule has 4 heteroatoms. The van der Waals surface area contributed by atoms with Crippen LogP contribution in [0.15, 0.2) is 28.7 Å². The number of benzene rings is 1. The van der Waals surface area contributed by atoms with Crippen molar-refractivity contribution in [1.29, 1.82) is 0 Å². The van der Waals surface area contributed by atoms with Crippen molar-refractivity contribution in [2.75, 3.05) is 6.54 Å². The van der Waals surface area contributed by atoms with Gasteiger partial charge in [-0.05, 0) is 69.5 Å². The summed E-state index contributed by atoms with van der Waals surface area (Å²) in [6.07, 6.45) is 3.75. The SMILES string of the molecule is Cc1nn(-c2ccc(Br)cc2)c(C)c1CCNC1CC1. The second-order valence-corrected chi connectivity index (χ2v) is 6.43. The van der Waals surface area contributed by atoms with E-state index in [2.05, 4.69) is 59.4 Å². The number of rotatable bonds is 5. The molecule has 2 aromatic rings. The summed E-state index contributed by atoms with van der Waals surface area (Å²) in [6, 6.07) is 9.07. The van der Waals surface area contributed by atoms with Gasteiger partial charge in [0.25, 0.3) is 0 Å². The Kier molecular flexibility index (Phi) is 3.94. The third-order valence-electron chi connectivity index (χ3n) is 3.90. The van der Waals surface area contributed by atoms with E-state index in [0.29, 0.717) is 0 Å². The van der Waals surface area contributed by atoms with Crippen LogP contribution in [0.3, 0.4) is 0 Å². The minimum atomic E-state index is 0.775. The molecule has 0 spiro atoms. The maximum atomic E-state index is 4.70. The second-order valence-electron chi connectivity index (χ2n) is 5.52. The fourth-order valence-electron chi connectivity index (χ4n) is 2.56. The predicted molar refractivity (Wildman–Crippen MR) is 85.5 cm³/mol. The van der Waals surface area contributed by atoms with Gasteiger partial charge in [0.05, 0.1) is 11.4 Å². The van der Waals surface area contributed by atoms with Crippen LogP contribution < -0.4 is 5.32 Å². The first-order valence-electron chi connectivity index (χ1n) is 7.19. The Morgan fingerprint density at radius 1 is 1.25 bits per heavy atom. The Balaban J connectivity index is 1.79. The van der Waals surface area contributed by atoms with Crippen molar-refractivity contribution >= 4 is 15.9 Å². The van der Waals surface area contributed by atoms with Gasteiger partial charge in [0.2, 0.25) is 0 Å². The van der Waals surface area contributed by atoms with Crippen LogP contribution in [0.2, 0.25) is 0 Å². The third-order valence-corrected chi connectivity index (χ3v) is 4.43. The summed E-state index contributed by atoms with van der Waals surface area (Å²) in [5.74, 6) is 0. The lowest BCUT2D eigenvalue weighted by Gasteiger charge is -2.06. The van der Waals surface area contributed by atoms with Crippen LogP contribution in [0.25, 0.3) is 5.69 Å². The minimum Gasteiger partial charge on any atom is -0.314 e. The summed E-state index contributed by atoms with van der Waals surface area (Å²) in [5, 5.41) is 8.27. The van der Waals surface area contributed by atoms with Crippen molar-refractivity contribution in [3.05, 3.63) is 45.7 Å². The molecule has 3 rings (SSSR count). The zero-order valence-corrected chi connectivity index (χ0v) is 13.6. The molecule has 0 unspecified atom stereocenters. The number of nitrogens with zero attached hydrogens (tertiary/aromatic N) is 2. The highest BCUT2D eigenvalue weighted by Gasteiger charge is 2.20. The molecule has 1 saturated carbocycles. The highest BCUT2D eigenvalue weighted by molar-refractivity contribution is 9.10. The maximum absolute atomic E-state index is 4.70. The van der Waals surface area contributed by atoms with E-state index in [1.54, 1.807) is 0 Å². The van der Waals surface area contributed by atoms with Crippen LogP contribution in [0.1, 0.15) is 29.8 Å². The molecule has 1 aromatic heterocycles. The molecule has 106 valence electrons. The van der Waals surface area contributed by atoms with Crippen LogP contribution in [0, 0.1) is 13.8 Å². The van der Waals surface area contributed by atoms with Gasteiger partial charge >= 0.3 is 0 Å². The Morgan fingerprint density at radius 2 is 1.95 bits per heavy atom. The Bertz CT molecular complexity index is 597. The predicted octanol–water partition coefficient (Wildman–Crippen LogP) is 3.55. The van der Waals surface area contributed by atoms with Crippen LogP contribution in [-0.4, -0.2) is 22.4 Å². The standard InChI is InChI=1S/C16H20BrN3/c1-11-16(9-10-18-14-5-6-14)12(2)20(19-11)15-7-3-13(17)4-8-15/h3-4,7-8,14,18H,5-6,9-10H2,1-2H3. The number of halogens is 1. The number of aromatic nitrogens is 2. The van der Waals surface area contributed by atoms with Gasteiger partial charge < -0.3 is 5.32 Å². The van der Waals surface area contributed by atoms with E-state index in [4.69, 9.17) is 5.10 Å². The van der Waals surface area contributed by atoms with Crippen molar-refractivity contribution < 1.29 is 0 Å². The maximum Gasteiger partial charge on any atom is 0.0649 e. The van der Waals surface area contributed by atoms with Gasteiger partial charge in [-0.25, -0.2) is 4.68 Å². The van der Waals surface area contributed by atoms with Gasteiger partial charge in [-0.15, -0.1) is 0 Å².